The summed E-state index contributed by atoms with van der Waals surface area (Å²) in [4.78, 5) is 35.2. The highest BCUT2D eigenvalue weighted by Gasteiger charge is 2.17. The molecule has 176 valence electrons. The molecule has 2 N–H and O–H groups in total. The summed E-state index contributed by atoms with van der Waals surface area (Å²) in [6.45, 7) is 1.17. The summed E-state index contributed by atoms with van der Waals surface area (Å²) in [7, 11) is 3.01. The van der Waals surface area contributed by atoms with Crippen LogP contribution >= 0.6 is 0 Å². The second-order valence-corrected chi connectivity index (χ2v) is 7.84. The van der Waals surface area contributed by atoms with Crippen LogP contribution in [0.5, 0.6) is 0 Å². The Hall–Kier alpha value is -4.28. The Bertz CT molecular complexity index is 1420. The molecule has 0 spiro atoms. The van der Waals surface area contributed by atoms with E-state index in [4.69, 9.17) is 0 Å². The van der Waals surface area contributed by atoms with Crippen molar-refractivity contribution in [2.75, 3.05) is 20.2 Å². The molecule has 0 atom stereocenters. The molecule has 2 aromatic carbocycles. The van der Waals surface area contributed by atoms with E-state index in [9.17, 15) is 14.4 Å². The van der Waals surface area contributed by atoms with Gasteiger partial charge in [0.1, 0.15) is 18.9 Å². The number of nitrogens with zero attached hydrogens (tertiary/aromatic N) is 4. The predicted octanol–water partition coefficient (Wildman–Crippen LogP) is 1.44. The quantitative estimate of drug-likeness (QED) is 0.398. The number of aromatic nitrogens is 4. The van der Waals surface area contributed by atoms with Crippen LogP contribution in [-0.4, -0.2) is 57.5 Å². The third-order valence-electron chi connectivity index (χ3n) is 5.43. The third kappa shape index (κ3) is 4.58. The fourth-order valence-electron chi connectivity index (χ4n) is 3.72. The predicted molar refractivity (Wildman–Crippen MR) is 122 cm³/mol. The first-order valence-corrected chi connectivity index (χ1v) is 10.4. The number of benzene rings is 2. The van der Waals surface area contributed by atoms with Gasteiger partial charge in [0.15, 0.2) is 0 Å². The van der Waals surface area contributed by atoms with E-state index >= 15 is 4.39 Å². The van der Waals surface area contributed by atoms with Gasteiger partial charge in [0.2, 0.25) is 11.8 Å². The van der Waals surface area contributed by atoms with Crippen molar-refractivity contribution in [1.29, 1.82) is 0 Å². The van der Waals surface area contributed by atoms with Crippen molar-refractivity contribution in [2.45, 2.75) is 13.5 Å². The van der Waals surface area contributed by atoms with E-state index in [0.29, 0.717) is 27.4 Å². The van der Waals surface area contributed by atoms with Crippen molar-refractivity contribution < 1.29 is 23.5 Å². The van der Waals surface area contributed by atoms with Crippen molar-refractivity contribution in [1.82, 2.24) is 30.2 Å². The SMILES string of the molecule is COC(=O)CNC(=O)CNC(=O)Cn1ncc2c(-c3cc4c(cnn4C)cc3F)cc(C)cc21. The van der Waals surface area contributed by atoms with Crippen LogP contribution in [0.15, 0.2) is 36.7 Å². The zero-order chi connectivity index (χ0) is 24.4. The largest absolute Gasteiger partial charge is 0.468 e. The minimum atomic E-state index is -0.590. The number of esters is 1. The third-order valence-corrected chi connectivity index (χ3v) is 5.43. The maximum absolute atomic E-state index is 15.0. The van der Waals surface area contributed by atoms with E-state index in [1.54, 1.807) is 30.2 Å². The Balaban J connectivity index is 1.56. The standard InChI is InChI=1S/C23H23FN6O4/c1-13-4-15(16-7-19-14(6-18(16)24)8-27-29(19)2)17-9-28-30(20(17)5-13)12-22(32)25-10-21(31)26-11-23(33)34-3/h4-9H,10-12H2,1-3H3,(H,25,32)(H,26,31). The van der Waals surface area contributed by atoms with E-state index in [1.165, 1.54) is 17.9 Å². The van der Waals surface area contributed by atoms with E-state index in [-0.39, 0.29) is 25.5 Å². The molecular formula is C23H23FN6O4. The van der Waals surface area contributed by atoms with Gasteiger partial charge in [0, 0.05) is 23.4 Å². The van der Waals surface area contributed by atoms with Crippen LogP contribution < -0.4 is 10.6 Å². The molecule has 4 rings (SSSR count). The van der Waals surface area contributed by atoms with Gasteiger partial charge in [0.05, 0.1) is 37.1 Å². The number of carbonyl (C=O) groups excluding carboxylic acids is 3. The first-order valence-electron chi connectivity index (χ1n) is 10.4. The van der Waals surface area contributed by atoms with Gasteiger partial charge in [-0.3, -0.25) is 23.7 Å². The van der Waals surface area contributed by atoms with Crippen molar-refractivity contribution in [3.05, 3.63) is 48.0 Å². The first kappa shape index (κ1) is 22.9. The minimum Gasteiger partial charge on any atom is -0.468 e. The van der Waals surface area contributed by atoms with Crippen LogP contribution in [0.4, 0.5) is 4.39 Å². The van der Waals surface area contributed by atoms with Gasteiger partial charge >= 0.3 is 5.97 Å². The van der Waals surface area contributed by atoms with Gasteiger partial charge < -0.3 is 15.4 Å². The molecule has 4 aromatic rings. The summed E-state index contributed by atoms with van der Waals surface area (Å²) in [5, 5.41) is 14.7. The highest BCUT2D eigenvalue weighted by molar-refractivity contribution is 5.98. The number of hydrogen-bond acceptors (Lipinski definition) is 6. The summed E-state index contributed by atoms with van der Waals surface area (Å²) < 4.78 is 22.6. The fraction of sp³-hybridized carbons (Fsp3) is 0.261. The Kier molecular flexibility index (Phi) is 6.26. The number of fused-ring (bicyclic) bond motifs is 2. The zero-order valence-corrected chi connectivity index (χ0v) is 18.9. The van der Waals surface area contributed by atoms with Gasteiger partial charge in [-0.05, 0) is 36.2 Å². The van der Waals surface area contributed by atoms with Crippen molar-refractivity contribution in [3.63, 3.8) is 0 Å². The Morgan fingerprint density at radius 2 is 1.74 bits per heavy atom. The number of aryl methyl sites for hydroxylation is 2. The lowest BCUT2D eigenvalue weighted by Crippen LogP contribution is -2.40. The number of carbonyl (C=O) groups is 3. The Labute approximate surface area is 193 Å². The molecule has 0 aliphatic rings. The summed E-state index contributed by atoms with van der Waals surface area (Å²) in [5.74, 6) is -1.93. The molecule has 34 heavy (non-hydrogen) atoms. The van der Waals surface area contributed by atoms with Crippen molar-refractivity contribution in [2.24, 2.45) is 7.05 Å². The maximum atomic E-state index is 15.0. The second kappa shape index (κ2) is 9.30. The molecule has 2 aromatic heterocycles. The van der Waals surface area contributed by atoms with E-state index in [0.717, 1.165) is 11.1 Å². The average Bonchev–Trinajstić information content (AvgIpc) is 3.37. The van der Waals surface area contributed by atoms with Gasteiger partial charge in [-0.2, -0.15) is 10.2 Å². The minimum absolute atomic E-state index is 0.139. The van der Waals surface area contributed by atoms with Gasteiger partial charge in [-0.15, -0.1) is 0 Å². The Morgan fingerprint density at radius 1 is 0.971 bits per heavy atom. The van der Waals surface area contributed by atoms with Crippen LogP contribution in [0.25, 0.3) is 32.9 Å². The van der Waals surface area contributed by atoms with Gasteiger partial charge in [-0.1, -0.05) is 6.07 Å². The number of amides is 2. The van der Waals surface area contributed by atoms with E-state index in [2.05, 4.69) is 25.6 Å². The lowest BCUT2D eigenvalue weighted by molar-refractivity contribution is -0.141. The summed E-state index contributed by atoms with van der Waals surface area (Å²) in [5.41, 5.74) is 3.39. The topological polar surface area (TPSA) is 120 Å². The highest BCUT2D eigenvalue weighted by Crippen LogP contribution is 2.34. The molecule has 11 heteroatoms. The number of hydrogen-bond donors (Lipinski definition) is 2. The van der Waals surface area contributed by atoms with Crippen LogP contribution in [0.1, 0.15) is 5.56 Å². The van der Waals surface area contributed by atoms with E-state index < -0.39 is 17.8 Å². The molecule has 0 aliphatic heterocycles. The van der Waals surface area contributed by atoms with E-state index in [1.807, 2.05) is 19.1 Å². The molecule has 0 aliphatic carbocycles. The first-order chi connectivity index (χ1) is 16.3. The second-order valence-electron chi connectivity index (χ2n) is 7.84. The molecule has 0 bridgehead atoms. The maximum Gasteiger partial charge on any atom is 0.325 e. The molecule has 0 saturated heterocycles. The van der Waals surface area contributed by atoms with Crippen LogP contribution in [0.2, 0.25) is 0 Å². The molecule has 0 unspecified atom stereocenters. The van der Waals surface area contributed by atoms with Crippen molar-refractivity contribution >= 4 is 39.6 Å². The Morgan fingerprint density at radius 3 is 2.50 bits per heavy atom. The number of nitrogens with one attached hydrogen (secondary N) is 2. The van der Waals surface area contributed by atoms with Crippen LogP contribution in [-0.2, 0) is 32.7 Å². The molecule has 2 heterocycles. The molecular weight excluding hydrogens is 443 g/mol. The molecule has 0 fully saturated rings. The lowest BCUT2D eigenvalue weighted by atomic mass is 9.98. The molecule has 10 nitrogen and oxygen atoms in total. The number of halogens is 1. The molecule has 2 amide bonds. The fourth-order valence-corrected chi connectivity index (χ4v) is 3.72. The van der Waals surface area contributed by atoms with Crippen molar-refractivity contribution in [3.8, 4) is 11.1 Å². The summed E-state index contributed by atoms with van der Waals surface area (Å²) in [6.07, 6.45) is 3.20. The summed E-state index contributed by atoms with van der Waals surface area (Å²) >= 11 is 0. The zero-order valence-electron chi connectivity index (χ0n) is 18.9. The monoisotopic (exact) mass is 466 g/mol. The smallest absolute Gasteiger partial charge is 0.325 e. The van der Waals surface area contributed by atoms with Gasteiger partial charge in [-0.25, -0.2) is 4.39 Å². The molecule has 0 saturated carbocycles. The average molecular weight is 466 g/mol. The summed E-state index contributed by atoms with van der Waals surface area (Å²) in [6, 6.07) is 6.95. The normalized spacial score (nSPS) is 11.1. The van der Waals surface area contributed by atoms with Crippen LogP contribution in [0, 0.1) is 12.7 Å². The molecule has 0 radical (unpaired) electrons. The van der Waals surface area contributed by atoms with Gasteiger partial charge in [0.25, 0.3) is 0 Å². The van der Waals surface area contributed by atoms with Crippen LogP contribution in [0.3, 0.4) is 0 Å². The lowest BCUT2D eigenvalue weighted by Gasteiger charge is -2.10. The number of methoxy groups -OCH3 is 1. The highest BCUT2D eigenvalue weighted by atomic mass is 19.1. The number of ether oxygens (including phenoxy) is 1. The number of rotatable bonds is 7.